The zero-order chi connectivity index (χ0) is 23.0. The fourth-order valence-corrected chi connectivity index (χ4v) is 4.04. The van der Waals surface area contributed by atoms with Crippen molar-refractivity contribution in [3.63, 3.8) is 0 Å². The molecular weight excluding hydrogens is 429 g/mol. The molecule has 0 radical (unpaired) electrons. The molecule has 32 heavy (non-hydrogen) atoms. The van der Waals surface area contributed by atoms with E-state index in [1.54, 1.807) is 42.5 Å². The maximum atomic E-state index is 13.3. The number of hydrogen-bond acceptors (Lipinski definition) is 4. The molecule has 2 heterocycles. The Kier molecular flexibility index (Phi) is 5.63. The Hall–Kier alpha value is -3.78. The molecule has 2 aromatic carbocycles. The first kappa shape index (κ1) is 21.5. The van der Waals surface area contributed by atoms with Gasteiger partial charge in [0.25, 0.3) is 11.8 Å². The molecule has 0 bridgehead atoms. The summed E-state index contributed by atoms with van der Waals surface area (Å²) in [5, 5.41) is 2.57. The number of rotatable bonds is 4. The number of benzene rings is 2. The van der Waals surface area contributed by atoms with Crippen molar-refractivity contribution in [1.29, 1.82) is 0 Å². The van der Waals surface area contributed by atoms with Crippen LogP contribution in [0.15, 0.2) is 60.2 Å². The Bertz CT molecular complexity index is 1280. The summed E-state index contributed by atoms with van der Waals surface area (Å²) in [6, 6.07) is 14.9. The number of methoxy groups -OCH3 is 1. The molecule has 1 aliphatic rings. The summed E-state index contributed by atoms with van der Waals surface area (Å²) in [5.74, 6) is -0.990. The molecule has 162 valence electrons. The Morgan fingerprint density at radius 3 is 2.44 bits per heavy atom. The maximum absolute atomic E-state index is 13.3. The Morgan fingerprint density at radius 1 is 1.06 bits per heavy atom. The number of carbonyl (C=O) groups excluding carboxylic acids is 2. The highest BCUT2D eigenvalue weighted by atomic mass is 32.1. The van der Waals surface area contributed by atoms with Crippen LogP contribution < -0.4 is 15.0 Å². The van der Waals surface area contributed by atoms with Gasteiger partial charge in [0.2, 0.25) is 0 Å². The van der Waals surface area contributed by atoms with Crippen molar-refractivity contribution < 1.29 is 18.7 Å². The summed E-state index contributed by atoms with van der Waals surface area (Å²) in [5.41, 5.74) is 3.54. The van der Waals surface area contributed by atoms with E-state index >= 15 is 0 Å². The average Bonchev–Trinajstić information content (AvgIpc) is 3.05. The number of aryl methyl sites for hydroxylation is 1. The number of hydrogen-bond donors (Lipinski definition) is 1. The lowest BCUT2D eigenvalue weighted by Crippen LogP contribution is -2.54. The summed E-state index contributed by atoms with van der Waals surface area (Å²) in [7, 11) is 1.50. The monoisotopic (exact) mass is 449 g/mol. The Morgan fingerprint density at radius 2 is 1.75 bits per heavy atom. The molecule has 1 fully saturated rings. The molecule has 0 unspecified atom stereocenters. The third-order valence-corrected chi connectivity index (χ3v) is 5.57. The fraction of sp³-hybridized carbons (Fsp3) is 0.125. The Balaban J connectivity index is 1.77. The van der Waals surface area contributed by atoms with Gasteiger partial charge in [0, 0.05) is 17.1 Å². The van der Waals surface area contributed by atoms with Crippen molar-refractivity contribution in [3.8, 4) is 11.4 Å². The quantitative estimate of drug-likeness (QED) is 0.371. The number of anilines is 1. The van der Waals surface area contributed by atoms with E-state index in [0.717, 1.165) is 17.1 Å². The van der Waals surface area contributed by atoms with Crippen LogP contribution in [0.5, 0.6) is 5.75 Å². The van der Waals surface area contributed by atoms with E-state index in [2.05, 4.69) is 5.32 Å². The van der Waals surface area contributed by atoms with Crippen LogP contribution in [-0.2, 0) is 9.59 Å². The Labute approximate surface area is 189 Å². The summed E-state index contributed by atoms with van der Waals surface area (Å²) in [6.07, 6.45) is 1.55. The molecule has 1 aliphatic heterocycles. The zero-order valence-electron chi connectivity index (χ0n) is 17.7. The van der Waals surface area contributed by atoms with Crippen LogP contribution >= 0.6 is 12.2 Å². The van der Waals surface area contributed by atoms with Crippen molar-refractivity contribution in [3.05, 3.63) is 82.9 Å². The van der Waals surface area contributed by atoms with Crippen LogP contribution in [0.2, 0.25) is 0 Å². The number of halogens is 1. The topological polar surface area (TPSA) is 63.6 Å². The van der Waals surface area contributed by atoms with Crippen LogP contribution in [-0.4, -0.2) is 28.6 Å². The maximum Gasteiger partial charge on any atom is 0.270 e. The molecule has 3 aromatic rings. The van der Waals surface area contributed by atoms with Crippen LogP contribution in [0.25, 0.3) is 11.8 Å². The lowest BCUT2D eigenvalue weighted by Gasteiger charge is -2.29. The zero-order valence-corrected chi connectivity index (χ0v) is 18.5. The molecule has 0 spiro atoms. The van der Waals surface area contributed by atoms with Crippen molar-refractivity contribution >= 4 is 40.9 Å². The third kappa shape index (κ3) is 3.69. The first-order chi connectivity index (χ1) is 15.3. The largest absolute Gasteiger partial charge is 0.495 e. The van der Waals surface area contributed by atoms with Crippen molar-refractivity contribution in [2.75, 3.05) is 12.0 Å². The van der Waals surface area contributed by atoms with Crippen LogP contribution in [0.1, 0.15) is 17.0 Å². The van der Waals surface area contributed by atoms with E-state index < -0.39 is 11.8 Å². The molecule has 1 N–H and O–H groups in total. The van der Waals surface area contributed by atoms with E-state index in [-0.39, 0.29) is 16.5 Å². The highest BCUT2D eigenvalue weighted by Crippen LogP contribution is 2.31. The van der Waals surface area contributed by atoms with Gasteiger partial charge in [-0.15, -0.1) is 0 Å². The highest BCUT2D eigenvalue weighted by molar-refractivity contribution is 7.80. The minimum atomic E-state index is -0.572. The number of aromatic nitrogens is 1. The van der Waals surface area contributed by atoms with E-state index in [9.17, 15) is 14.0 Å². The average molecular weight is 450 g/mol. The van der Waals surface area contributed by atoms with E-state index in [0.29, 0.717) is 17.0 Å². The molecule has 2 amide bonds. The van der Waals surface area contributed by atoms with Gasteiger partial charge in [0.15, 0.2) is 5.11 Å². The van der Waals surface area contributed by atoms with Gasteiger partial charge >= 0.3 is 0 Å². The van der Waals surface area contributed by atoms with Crippen LogP contribution in [0.3, 0.4) is 0 Å². The van der Waals surface area contributed by atoms with Gasteiger partial charge < -0.3 is 9.30 Å². The smallest absolute Gasteiger partial charge is 0.270 e. The van der Waals surface area contributed by atoms with Gasteiger partial charge in [0.1, 0.15) is 17.1 Å². The third-order valence-electron chi connectivity index (χ3n) is 5.28. The lowest BCUT2D eigenvalue weighted by atomic mass is 10.1. The van der Waals surface area contributed by atoms with Gasteiger partial charge in [-0.1, -0.05) is 12.1 Å². The number of para-hydroxylation sites is 2. The first-order valence-corrected chi connectivity index (χ1v) is 10.2. The standard InChI is InChI=1S/C24H20FN3O3S/c1-14-12-16(15(2)27(14)18-10-8-17(25)9-11-18)13-19-22(29)26-24(32)28(23(19)30)20-6-4-5-7-21(20)31-3/h4-13H,1-3H3,(H,26,29,32)/b19-13+. The highest BCUT2D eigenvalue weighted by Gasteiger charge is 2.36. The molecule has 1 aromatic heterocycles. The summed E-state index contributed by atoms with van der Waals surface area (Å²) >= 11 is 5.27. The summed E-state index contributed by atoms with van der Waals surface area (Å²) in [4.78, 5) is 27.3. The van der Waals surface area contributed by atoms with Gasteiger partial charge in [0.05, 0.1) is 12.8 Å². The van der Waals surface area contributed by atoms with Crippen molar-refractivity contribution in [2.45, 2.75) is 13.8 Å². The van der Waals surface area contributed by atoms with Gasteiger partial charge in [-0.3, -0.25) is 14.9 Å². The molecular formula is C24H20FN3O3S. The first-order valence-electron chi connectivity index (χ1n) is 9.81. The van der Waals surface area contributed by atoms with Gasteiger partial charge in [-0.2, -0.15) is 0 Å². The SMILES string of the molecule is COc1ccccc1N1C(=O)/C(=C/c2cc(C)n(-c3ccc(F)cc3)c2C)C(=O)NC1=S. The number of nitrogens with one attached hydrogen (secondary N) is 1. The van der Waals surface area contributed by atoms with E-state index in [4.69, 9.17) is 17.0 Å². The molecule has 0 aliphatic carbocycles. The number of ether oxygens (including phenoxy) is 1. The predicted octanol–water partition coefficient (Wildman–Crippen LogP) is 4.07. The lowest BCUT2D eigenvalue weighted by molar-refractivity contribution is -0.122. The molecule has 4 rings (SSSR count). The second-order valence-corrected chi connectivity index (χ2v) is 7.65. The second kappa shape index (κ2) is 8.39. The van der Waals surface area contributed by atoms with Crippen LogP contribution in [0.4, 0.5) is 10.1 Å². The van der Waals surface area contributed by atoms with Crippen LogP contribution in [0, 0.1) is 19.7 Å². The second-order valence-electron chi connectivity index (χ2n) is 7.27. The minimum absolute atomic E-state index is 0.0153. The number of nitrogens with zero attached hydrogens (tertiary/aromatic N) is 2. The van der Waals surface area contributed by atoms with E-state index in [1.165, 1.54) is 24.1 Å². The number of carbonyl (C=O) groups is 2. The molecule has 1 saturated heterocycles. The van der Waals surface area contributed by atoms with Gasteiger partial charge in [-0.25, -0.2) is 9.29 Å². The molecule has 8 heteroatoms. The van der Waals surface area contributed by atoms with Gasteiger partial charge in [-0.05, 0) is 80.2 Å². The number of amides is 2. The summed E-state index contributed by atoms with van der Waals surface area (Å²) in [6.45, 7) is 3.77. The summed E-state index contributed by atoms with van der Waals surface area (Å²) < 4.78 is 20.6. The number of thiocarbonyl (C=S) groups is 1. The molecule has 6 nitrogen and oxygen atoms in total. The minimum Gasteiger partial charge on any atom is -0.495 e. The molecule has 0 saturated carbocycles. The molecule has 0 atom stereocenters. The van der Waals surface area contributed by atoms with E-state index in [1.807, 2.05) is 24.5 Å². The fourth-order valence-electron chi connectivity index (χ4n) is 3.77. The predicted molar refractivity (Wildman–Crippen MR) is 124 cm³/mol. The normalized spacial score (nSPS) is 15.3. The van der Waals surface area contributed by atoms with Crippen molar-refractivity contribution in [1.82, 2.24) is 9.88 Å². The van der Waals surface area contributed by atoms with Crippen molar-refractivity contribution in [2.24, 2.45) is 0 Å².